The molecule has 0 saturated carbocycles. The van der Waals surface area contributed by atoms with Gasteiger partial charge in [-0.1, -0.05) is 110 Å². The van der Waals surface area contributed by atoms with Gasteiger partial charge in [0.25, 0.3) is 0 Å². The van der Waals surface area contributed by atoms with Gasteiger partial charge in [0.2, 0.25) is 11.4 Å². The Balaban J connectivity index is 1.02. The van der Waals surface area contributed by atoms with Crippen molar-refractivity contribution in [2.75, 3.05) is 18.4 Å². The number of nitrogens with one attached hydrogen (secondary N) is 2. The summed E-state index contributed by atoms with van der Waals surface area (Å²) < 4.78 is 10.6. The number of ether oxygens (including phenoxy) is 1. The Bertz CT molecular complexity index is 1080. The van der Waals surface area contributed by atoms with Crippen LogP contribution in [0.4, 0.5) is 11.4 Å². The molecule has 0 spiro atoms. The number of nitro groups is 1. The van der Waals surface area contributed by atoms with E-state index >= 15 is 0 Å². The summed E-state index contributed by atoms with van der Waals surface area (Å²) in [7, 11) is 0. The van der Waals surface area contributed by atoms with Crippen LogP contribution in [0.15, 0.2) is 16.8 Å². The fraction of sp³-hybridized carbons (Fsp3) is 0.794. The summed E-state index contributed by atoms with van der Waals surface area (Å²) in [5, 5.41) is 24.9. The highest BCUT2D eigenvalue weighted by molar-refractivity contribution is 5.93. The number of rotatable bonds is 28. The third-order valence-electron chi connectivity index (χ3n) is 8.75. The van der Waals surface area contributed by atoms with Crippen LogP contribution in [0.3, 0.4) is 0 Å². The molecule has 1 aromatic carbocycles. The zero-order valence-electron chi connectivity index (χ0n) is 27.2. The Morgan fingerprint density at radius 1 is 0.750 bits per heavy atom. The quantitative estimate of drug-likeness (QED) is 0.0419. The Kier molecular flexibility index (Phi) is 17.8. The number of fused-ring (bicyclic) bond motifs is 1. The lowest BCUT2D eigenvalue weighted by atomic mass is 10.0. The van der Waals surface area contributed by atoms with Crippen LogP contribution in [0.5, 0.6) is 0 Å². The SMILES string of the molecule is CCCCCCCCC1OC1CCCCCCCC(=O)NCCCCCCCCCCNc1ccc([N+](=O)[O-])c2nonc12. The van der Waals surface area contributed by atoms with E-state index in [1.165, 1.54) is 102 Å². The number of carbonyl (C=O) groups excluding carboxylic acids is 1. The molecular formula is C34H57N5O5. The summed E-state index contributed by atoms with van der Waals surface area (Å²) in [5.74, 6) is 0.205. The number of nitrogens with zero attached hydrogens (tertiary/aromatic N) is 3. The number of non-ortho nitro benzene ring substituents is 1. The number of epoxide rings is 1. The standard InChI is InChI=1S/C34H57N5O5/c1-2-3-4-5-11-16-21-30-31(43-30)22-17-12-10-13-18-23-32(40)36-27-20-15-9-7-6-8-14-19-26-35-28-24-25-29(39(41)42)34-33(28)37-44-38-34/h24-25,30-31,35H,2-23,26-27H2,1H3,(H,36,40). The third-order valence-corrected chi connectivity index (χ3v) is 8.75. The van der Waals surface area contributed by atoms with Crippen molar-refractivity contribution in [2.24, 2.45) is 0 Å². The van der Waals surface area contributed by atoms with Gasteiger partial charge in [0, 0.05) is 25.6 Å². The van der Waals surface area contributed by atoms with Crippen LogP contribution in [0.25, 0.3) is 11.0 Å². The maximum absolute atomic E-state index is 12.1. The topological polar surface area (TPSA) is 136 Å². The minimum Gasteiger partial charge on any atom is -0.383 e. The summed E-state index contributed by atoms with van der Waals surface area (Å²) in [6.07, 6.45) is 27.5. The highest BCUT2D eigenvalue weighted by Crippen LogP contribution is 2.32. The Hall–Kier alpha value is -2.75. The summed E-state index contributed by atoms with van der Waals surface area (Å²) >= 11 is 0. The van der Waals surface area contributed by atoms with Crippen molar-refractivity contribution in [3.63, 3.8) is 0 Å². The highest BCUT2D eigenvalue weighted by Gasteiger charge is 2.36. The lowest BCUT2D eigenvalue weighted by Crippen LogP contribution is -2.23. The summed E-state index contributed by atoms with van der Waals surface area (Å²) in [5.41, 5.74) is 1.18. The summed E-state index contributed by atoms with van der Waals surface area (Å²) in [6, 6.07) is 3.09. The van der Waals surface area contributed by atoms with E-state index in [1.807, 2.05) is 0 Å². The second-order valence-electron chi connectivity index (χ2n) is 12.5. The van der Waals surface area contributed by atoms with Crippen LogP contribution in [-0.2, 0) is 9.53 Å². The van der Waals surface area contributed by atoms with Crippen LogP contribution >= 0.6 is 0 Å². The van der Waals surface area contributed by atoms with Gasteiger partial charge in [-0.3, -0.25) is 14.9 Å². The summed E-state index contributed by atoms with van der Waals surface area (Å²) in [6.45, 7) is 3.83. The van der Waals surface area contributed by atoms with Gasteiger partial charge in [-0.2, -0.15) is 0 Å². The molecule has 0 bridgehead atoms. The Morgan fingerprint density at radius 3 is 1.93 bits per heavy atom. The zero-order valence-corrected chi connectivity index (χ0v) is 27.2. The van der Waals surface area contributed by atoms with Crippen molar-refractivity contribution < 1.29 is 19.1 Å². The molecule has 10 heteroatoms. The van der Waals surface area contributed by atoms with Gasteiger partial charge in [-0.05, 0) is 48.5 Å². The molecule has 1 aliphatic rings. The molecule has 1 aromatic heterocycles. The van der Waals surface area contributed by atoms with Gasteiger partial charge in [0.05, 0.1) is 22.8 Å². The number of unbranched alkanes of at least 4 members (excludes halogenated alkanes) is 16. The normalized spacial score (nSPS) is 15.9. The minimum absolute atomic E-state index is 0.0998. The number of carbonyl (C=O) groups is 1. The van der Waals surface area contributed by atoms with E-state index in [0.717, 1.165) is 51.6 Å². The molecule has 1 saturated heterocycles. The number of hydrogen-bond donors (Lipinski definition) is 2. The second kappa shape index (κ2) is 21.9. The van der Waals surface area contributed by atoms with Gasteiger partial charge in [-0.15, -0.1) is 0 Å². The molecule has 2 N–H and O–H groups in total. The van der Waals surface area contributed by atoms with Gasteiger partial charge in [0.1, 0.15) is 0 Å². The van der Waals surface area contributed by atoms with E-state index in [0.29, 0.717) is 29.8 Å². The van der Waals surface area contributed by atoms with E-state index in [4.69, 9.17) is 9.37 Å². The first-order valence-corrected chi connectivity index (χ1v) is 17.7. The number of benzene rings is 1. The third kappa shape index (κ3) is 14.4. The van der Waals surface area contributed by atoms with Crippen molar-refractivity contribution in [3.8, 4) is 0 Å². The van der Waals surface area contributed by atoms with E-state index in [1.54, 1.807) is 6.07 Å². The molecule has 248 valence electrons. The fourth-order valence-electron chi connectivity index (χ4n) is 5.97. The first kappa shape index (κ1) is 35.7. The largest absolute Gasteiger partial charge is 0.383 e. The molecule has 2 aromatic rings. The first-order valence-electron chi connectivity index (χ1n) is 17.7. The van der Waals surface area contributed by atoms with Crippen LogP contribution in [0, 0.1) is 10.1 Å². The molecular weight excluding hydrogens is 558 g/mol. The van der Waals surface area contributed by atoms with Crippen LogP contribution in [-0.4, -0.2) is 46.4 Å². The number of aromatic nitrogens is 2. The molecule has 2 unspecified atom stereocenters. The van der Waals surface area contributed by atoms with Gasteiger partial charge < -0.3 is 15.4 Å². The van der Waals surface area contributed by atoms with Gasteiger partial charge in [0.15, 0.2) is 5.52 Å². The average Bonchev–Trinajstić information content (AvgIpc) is 3.57. The molecule has 1 amide bonds. The summed E-state index contributed by atoms with van der Waals surface area (Å²) in [4.78, 5) is 22.7. The molecule has 1 fully saturated rings. The van der Waals surface area contributed by atoms with Crippen LogP contribution in [0.2, 0.25) is 0 Å². The minimum atomic E-state index is -0.479. The van der Waals surface area contributed by atoms with Crippen LogP contribution in [0.1, 0.15) is 148 Å². The first-order chi connectivity index (χ1) is 21.6. The number of nitro benzene ring substituents is 1. The molecule has 10 nitrogen and oxygen atoms in total. The van der Waals surface area contributed by atoms with Crippen LogP contribution < -0.4 is 10.6 Å². The number of hydrogen-bond acceptors (Lipinski definition) is 8. The average molecular weight is 616 g/mol. The monoisotopic (exact) mass is 615 g/mol. The lowest BCUT2D eigenvalue weighted by molar-refractivity contribution is -0.383. The van der Waals surface area contributed by atoms with Crippen molar-refractivity contribution in [1.82, 2.24) is 15.6 Å². The molecule has 44 heavy (non-hydrogen) atoms. The van der Waals surface area contributed by atoms with E-state index < -0.39 is 4.92 Å². The molecule has 0 aliphatic carbocycles. The zero-order chi connectivity index (χ0) is 31.2. The second-order valence-corrected chi connectivity index (χ2v) is 12.5. The van der Waals surface area contributed by atoms with Crippen molar-refractivity contribution in [3.05, 3.63) is 22.2 Å². The predicted octanol–water partition coefficient (Wildman–Crippen LogP) is 9.03. The molecule has 1 aliphatic heterocycles. The van der Waals surface area contributed by atoms with E-state index in [9.17, 15) is 14.9 Å². The fourth-order valence-corrected chi connectivity index (χ4v) is 5.97. The molecule has 3 rings (SSSR count). The van der Waals surface area contributed by atoms with Crippen molar-refractivity contribution >= 4 is 28.3 Å². The highest BCUT2D eigenvalue weighted by atomic mass is 16.6. The molecule has 0 radical (unpaired) electrons. The molecule has 2 heterocycles. The van der Waals surface area contributed by atoms with Gasteiger partial charge in [-0.25, -0.2) is 4.63 Å². The van der Waals surface area contributed by atoms with Crippen molar-refractivity contribution in [2.45, 2.75) is 160 Å². The van der Waals surface area contributed by atoms with E-state index in [2.05, 4.69) is 27.9 Å². The maximum atomic E-state index is 12.1. The number of amides is 1. The van der Waals surface area contributed by atoms with Crippen molar-refractivity contribution in [1.29, 1.82) is 0 Å². The smallest absolute Gasteiger partial charge is 0.300 e. The molecule has 2 atom stereocenters. The number of anilines is 1. The Labute approximate surface area is 263 Å². The van der Waals surface area contributed by atoms with E-state index in [-0.39, 0.29) is 17.1 Å². The Morgan fingerprint density at radius 2 is 1.30 bits per heavy atom. The maximum Gasteiger partial charge on any atom is 0.300 e. The lowest BCUT2D eigenvalue weighted by Gasteiger charge is -2.07. The predicted molar refractivity (Wildman–Crippen MR) is 176 cm³/mol. The van der Waals surface area contributed by atoms with Gasteiger partial charge >= 0.3 is 5.69 Å².